The molecule has 3 amide bonds. The summed E-state index contributed by atoms with van der Waals surface area (Å²) in [6.07, 6.45) is 6.79. The van der Waals surface area contributed by atoms with Crippen LogP contribution in [0.1, 0.15) is 88.3 Å². The van der Waals surface area contributed by atoms with Gasteiger partial charge in [-0.05, 0) is 100 Å². The quantitative estimate of drug-likeness (QED) is 0.319. The van der Waals surface area contributed by atoms with Crippen LogP contribution in [0.25, 0.3) is 0 Å². The van der Waals surface area contributed by atoms with Gasteiger partial charge in [0.2, 0.25) is 11.8 Å². The second kappa shape index (κ2) is 15.6. The third-order valence-corrected chi connectivity index (χ3v) is 9.12. The Morgan fingerprint density at radius 2 is 1.68 bits per heavy atom. The van der Waals surface area contributed by atoms with Crippen LogP contribution in [0.2, 0.25) is 0 Å². The summed E-state index contributed by atoms with van der Waals surface area (Å²) < 4.78 is 6.39. The average molecular weight is 666 g/mol. The first-order chi connectivity index (χ1) is 21.0. The lowest BCUT2D eigenvalue weighted by atomic mass is 9.82. The Hall–Kier alpha value is -3.38. The minimum Gasteiger partial charge on any atom is -0.444 e. The Kier molecular flexibility index (Phi) is 11.9. The molecule has 2 unspecified atom stereocenters. The summed E-state index contributed by atoms with van der Waals surface area (Å²) >= 11 is 3.54. The van der Waals surface area contributed by atoms with E-state index in [0.717, 1.165) is 60.5 Å². The molecule has 2 atom stereocenters. The van der Waals surface area contributed by atoms with E-state index in [9.17, 15) is 19.6 Å². The molecule has 0 spiro atoms. The molecule has 1 aliphatic heterocycles. The molecular weight excluding hydrogens is 620 g/mol. The number of likely N-dealkylation sites (tertiary alicyclic amines) is 1. The van der Waals surface area contributed by atoms with E-state index >= 15 is 0 Å². The summed E-state index contributed by atoms with van der Waals surface area (Å²) in [5.74, 6) is -0.475. The smallest absolute Gasteiger partial charge is 0.410 e. The number of benzene rings is 2. The van der Waals surface area contributed by atoms with Crippen LogP contribution in [0.4, 0.5) is 4.79 Å². The van der Waals surface area contributed by atoms with Crippen LogP contribution < -0.4 is 10.6 Å². The van der Waals surface area contributed by atoms with Gasteiger partial charge in [0.1, 0.15) is 11.6 Å². The number of nitrogens with one attached hydrogen (secondary N) is 2. The average Bonchev–Trinajstić information content (AvgIpc) is 3.01. The summed E-state index contributed by atoms with van der Waals surface area (Å²) in [6, 6.07) is 16.6. The molecule has 1 aliphatic carbocycles. The SMILES string of the molecule is CC(C)(C)OC(=O)N1CCC(CNC(=O)C(NC(=O)C(Cc2ccc(C#N)cc2)c2cccc(Br)c2)C2CCCCC2)CC1. The zero-order valence-electron chi connectivity index (χ0n) is 26.1. The van der Waals surface area contributed by atoms with Crippen molar-refractivity contribution in [3.05, 3.63) is 69.7 Å². The normalized spacial score (nSPS) is 17.7. The first-order valence-corrected chi connectivity index (χ1v) is 16.6. The number of amides is 3. The highest BCUT2D eigenvalue weighted by Gasteiger charge is 2.34. The Bertz CT molecular complexity index is 1320. The van der Waals surface area contributed by atoms with Crippen molar-refractivity contribution < 1.29 is 19.1 Å². The summed E-state index contributed by atoms with van der Waals surface area (Å²) in [5.41, 5.74) is 1.85. The highest BCUT2D eigenvalue weighted by atomic mass is 79.9. The van der Waals surface area contributed by atoms with Crippen LogP contribution >= 0.6 is 15.9 Å². The molecule has 2 N–H and O–H groups in total. The van der Waals surface area contributed by atoms with Crippen molar-refractivity contribution in [2.45, 2.75) is 89.7 Å². The van der Waals surface area contributed by atoms with Crippen molar-refractivity contribution in [1.82, 2.24) is 15.5 Å². The minimum atomic E-state index is -0.611. The summed E-state index contributed by atoms with van der Waals surface area (Å²) in [7, 11) is 0. The Morgan fingerprint density at radius 3 is 2.30 bits per heavy atom. The molecule has 2 aliphatic rings. The lowest BCUT2D eigenvalue weighted by Crippen LogP contribution is -2.53. The third kappa shape index (κ3) is 9.82. The first-order valence-electron chi connectivity index (χ1n) is 15.8. The topological polar surface area (TPSA) is 112 Å². The van der Waals surface area contributed by atoms with E-state index < -0.39 is 17.6 Å². The van der Waals surface area contributed by atoms with Gasteiger partial charge in [0.15, 0.2) is 0 Å². The van der Waals surface area contributed by atoms with Gasteiger partial charge in [-0.1, -0.05) is 59.5 Å². The van der Waals surface area contributed by atoms with Gasteiger partial charge in [0.25, 0.3) is 0 Å². The summed E-state index contributed by atoms with van der Waals surface area (Å²) in [4.78, 5) is 42.0. The van der Waals surface area contributed by atoms with Gasteiger partial charge < -0.3 is 20.3 Å². The number of halogens is 1. The van der Waals surface area contributed by atoms with Crippen molar-refractivity contribution in [2.75, 3.05) is 19.6 Å². The van der Waals surface area contributed by atoms with Gasteiger partial charge >= 0.3 is 6.09 Å². The largest absolute Gasteiger partial charge is 0.444 e. The molecule has 8 nitrogen and oxygen atoms in total. The molecule has 9 heteroatoms. The molecule has 44 heavy (non-hydrogen) atoms. The van der Waals surface area contributed by atoms with Crippen LogP contribution in [0.5, 0.6) is 0 Å². The number of hydrogen-bond donors (Lipinski definition) is 2. The monoisotopic (exact) mass is 664 g/mol. The van der Waals surface area contributed by atoms with Crippen molar-refractivity contribution >= 4 is 33.8 Å². The lowest BCUT2D eigenvalue weighted by Gasteiger charge is -2.34. The van der Waals surface area contributed by atoms with Crippen molar-refractivity contribution in [2.24, 2.45) is 11.8 Å². The number of carbonyl (C=O) groups is 3. The zero-order chi connectivity index (χ0) is 31.7. The molecule has 1 saturated carbocycles. The number of carbonyl (C=O) groups excluding carboxylic acids is 3. The van der Waals surface area contributed by atoms with Crippen LogP contribution in [0.3, 0.4) is 0 Å². The second-order valence-corrected chi connectivity index (χ2v) is 14.1. The number of piperidine rings is 1. The summed E-state index contributed by atoms with van der Waals surface area (Å²) in [6.45, 7) is 7.30. The van der Waals surface area contributed by atoms with Gasteiger partial charge in [0, 0.05) is 24.1 Å². The van der Waals surface area contributed by atoms with E-state index in [1.165, 1.54) is 0 Å². The first kappa shape index (κ1) is 33.5. The zero-order valence-corrected chi connectivity index (χ0v) is 27.7. The van der Waals surface area contributed by atoms with E-state index in [0.29, 0.717) is 31.6 Å². The fourth-order valence-electron chi connectivity index (χ4n) is 6.16. The number of ether oxygens (including phenoxy) is 1. The molecule has 2 aromatic rings. The van der Waals surface area contributed by atoms with Crippen LogP contribution in [0.15, 0.2) is 53.0 Å². The standard InChI is InChI=1S/C35H45BrN4O4/c1-35(2,3)44-34(43)40-18-16-26(17-19-40)23-38-33(42)31(27-8-5-4-6-9-27)39-32(41)30(28-10-7-11-29(36)21-28)20-24-12-14-25(22-37)15-13-24/h7,10-15,21,26-27,30-31H,4-6,8-9,16-20,23H2,1-3H3,(H,38,42)(H,39,41). The van der Waals surface area contributed by atoms with E-state index in [-0.39, 0.29) is 29.7 Å². The van der Waals surface area contributed by atoms with E-state index in [4.69, 9.17) is 4.74 Å². The van der Waals surface area contributed by atoms with Gasteiger partial charge in [-0.15, -0.1) is 0 Å². The third-order valence-electron chi connectivity index (χ3n) is 8.62. The molecule has 0 radical (unpaired) electrons. The van der Waals surface area contributed by atoms with Gasteiger partial charge in [-0.2, -0.15) is 5.26 Å². The molecule has 2 aromatic carbocycles. The fraction of sp³-hybridized carbons (Fsp3) is 0.543. The lowest BCUT2D eigenvalue weighted by molar-refractivity contribution is -0.131. The number of nitriles is 1. The fourth-order valence-corrected chi connectivity index (χ4v) is 6.57. The predicted octanol–water partition coefficient (Wildman–Crippen LogP) is 6.48. The molecule has 4 rings (SSSR count). The maximum absolute atomic E-state index is 14.0. The number of rotatable bonds is 9. The number of hydrogen-bond acceptors (Lipinski definition) is 5. The molecule has 1 heterocycles. The van der Waals surface area contributed by atoms with Gasteiger partial charge in [0.05, 0.1) is 17.6 Å². The maximum Gasteiger partial charge on any atom is 0.410 e. The Balaban J connectivity index is 1.43. The highest BCUT2D eigenvalue weighted by Crippen LogP contribution is 2.29. The second-order valence-electron chi connectivity index (χ2n) is 13.2. The van der Waals surface area contributed by atoms with Crippen molar-refractivity contribution in [3.63, 3.8) is 0 Å². The molecule has 0 aromatic heterocycles. The van der Waals surface area contributed by atoms with Crippen LogP contribution in [-0.2, 0) is 20.7 Å². The predicted molar refractivity (Wildman–Crippen MR) is 174 cm³/mol. The van der Waals surface area contributed by atoms with Crippen LogP contribution in [0, 0.1) is 23.2 Å². The van der Waals surface area contributed by atoms with Gasteiger partial charge in [-0.25, -0.2) is 4.79 Å². The van der Waals surface area contributed by atoms with E-state index in [2.05, 4.69) is 32.6 Å². The molecule has 1 saturated heterocycles. The van der Waals surface area contributed by atoms with Gasteiger partial charge in [-0.3, -0.25) is 9.59 Å². The molecule has 2 fully saturated rings. The van der Waals surface area contributed by atoms with E-state index in [1.807, 2.05) is 57.2 Å². The van der Waals surface area contributed by atoms with E-state index in [1.54, 1.807) is 17.0 Å². The van der Waals surface area contributed by atoms with Crippen molar-refractivity contribution in [1.29, 1.82) is 5.26 Å². The maximum atomic E-state index is 14.0. The molecule has 236 valence electrons. The Labute approximate surface area is 270 Å². The van der Waals surface area contributed by atoms with Crippen molar-refractivity contribution in [3.8, 4) is 6.07 Å². The number of nitrogens with zero attached hydrogens (tertiary/aromatic N) is 2. The highest BCUT2D eigenvalue weighted by molar-refractivity contribution is 9.10. The molecular formula is C35H45BrN4O4. The Morgan fingerprint density at radius 1 is 1.00 bits per heavy atom. The summed E-state index contributed by atoms with van der Waals surface area (Å²) in [5, 5.41) is 15.6. The van der Waals surface area contributed by atoms with Crippen LogP contribution in [-0.4, -0.2) is 54.1 Å². The minimum absolute atomic E-state index is 0.0831. The molecule has 0 bridgehead atoms.